The van der Waals surface area contributed by atoms with Crippen molar-refractivity contribution in [1.29, 1.82) is 0 Å². The largest absolute Gasteiger partial charge is 0.772 e. The number of β-lactam (4-membered cyclic amide) rings is 1. The molecule has 34 heavy (non-hydrogen) atoms. The van der Waals surface area contributed by atoms with E-state index in [0.717, 1.165) is 18.0 Å². The Hall–Kier alpha value is -3.52. The van der Waals surface area contributed by atoms with Crippen LogP contribution in [-0.2, 0) is 30.2 Å². The third-order valence-electron chi connectivity index (χ3n) is 5.65. The van der Waals surface area contributed by atoms with Gasteiger partial charge in [-0.15, -0.1) is 0 Å². The number of phenols is 2. The van der Waals surface area contributed by atoms with E-state index in [9.17, 15) is 38.5 Å². The van der Waals surface area contributed by atoms with Crippen molar-refractivity contribution in [3.8, 4) is 11.5 Å². The SMILES string of the molecule is C[C@@H]1CC(=O)N1[C@@H](C(=O)O)[C@](C)(/C=N/NC(=O)[C@H]1N=C(c2cccc(O)c2O)O[C@@H]1C)S(=O)[O-]. The Morgan fingerprint density at radius 1 is 1.41 bits per heavy atom. The third kappa shape index (κ3) is 4.46. The molecule has 184 valence electrons. The highest BCUT2D eigenvalue weighted by Gasteiger charge is 2.51. The average molecular weight is 495 g/mol. The van der Waals surface area contributed by atoms with E-state index in [0.29, 0.717) is 0 Å². The fourth-order valence-corrected chi connectivity index (χ4v) is 4.27. The summed E-state index contributed by atoms with van der Waals surface area (Å²) in [5, 5.41) is 32.9. The molecule has 1 aromatic carbocycles. The van der Waals surface area contributed by atoms with Gasteiger partial charge in [0.05, 0.1) is 10.3 Å². The number of para-hydroxylation sites is 1. The molecule has 1 aromatic rings. The summed E-state index contributed by atoms with van der Waals surface area (Å²) < 4.78 is 27.3. The van der Waals surface area contributed by atoms with Crippen LogP contribution in [0.1, 0.15) is 32.8 Å². The number of carbonyl (C=O) groups is 3. The molecule has 14 heteroatoms. The number of nitrogens with zero attached hydrogens (tertiary/aromatic N) is 3. The van der Waals surface area contributed by atoms with E-state index in [1.807, 2.05) is 0 Å². The van der Waals surface area contributed by atoms with E-state index in [1.165, 1.54) is 25.1 Å². The summed E-state index contributed by atoms with van der Waals surface area (Å²) in [6.07, 6.45) is 0.0452. The molecule has 4 N–H and O–H groups in total. The van der Waals surface area contributed by atoms with E-state index in [-0.39, 0.29) is 17.9 Å². The van der Waals surface area contributed by atoms with Gasteiger partial charge in [0.2, 0.25) is 11.8 Å². The predicted molar refractivity (Wildman–Crippen MR) is 117 cm³/mol. The Bertz CT molecular complexity index is 1110. The first-order valence-corrected chi connectivity index (χ1v) is 11.2. The van der Waals surface area contributed by atoms with Crippen LogP contribution in [-0.4, -0.2) is 87.9 Å². The molecule has 0 aliphatic carbocycles. The molecule has 1 fully saturated rings. The second kappa shape index (κ2) is 9.38. The van der Waals surface area contributed by atoms with Crippen LogP contribution in [0.25, 0.3) is 0 Å². The highest BCUT2D eigenvalue weighted by molar-refractivity contribution is 7.81. The van der Waals surface area contributed by atoms with E-state index in [2.05, 4.69) is 15.5 Å². The lowest BCUT2D eigenvalue weighted by Gasteiger charge is -2.48. The number of ether oxygens (including phenoxy) is 1. The summed E-state index contributed by atoms with van der Waals surface area (Å²) in [6.45, 7) is 4.19. The zero-order valence-electron chi connectivity index (χ0n) is 18.4. The van der Waals surface area contributed by atoms with Crippen LogP contribution in [0.5, 0.6) is 11.5 Å². The zero-order valence-corrected chi connectivity index (χ0v) is 19.2. The Morgan fingerprint density at radius 2 is 2.09 bits per heavy atom. The number of aliphatic carboxylic acids is 1. The first-order valence-electron chi connectivity index (χ1n) is 10.1. The number of aliphatic imine (C=N–C) groups is 1. The molecule has 2 aliphatic rings. The number of carboxylic acids is 1. The number of nitrogens with one attached hydrogen (secondary N) is 1. The lowest BCUT2D eigenvalue weighted by atomic mass is 9.92. The normalized spacial score (nSPS) is 25.6. The number of amides is 2. The van der Waals surface area contributed by atoms with E-state index in [4.69, 9.17) is 4.74 Å². The van der Waals surface area contributed by atoms with Gasteiger partial charge in [0.15, 0.2) is 23.6 Å². The van der Waals surface area contributed by atoms with Crippen LogP contribution in [0.15, 0.2) is 28.3 Å². The van der Waals surface area contributed by atoms with E-state index < -0.39 is 69.3 Å². The zero-order chi connectivity index (χ0) is 25.4. The van der Waals surface area contributed by atoms with Crippen molar-refractivity contribution < 1.29 is 43.2 Å². The molecule has 13 nitrogen and oxygen atoms in total. The maximum atomic E-state index is 12.6. The molecule has 3 rings (SSSR count). The Balaban J connectivity index is 1.79. The summed E-state index contributed by atoms with van der Waals surface area (Å²) in [5.74, 6) is -3.81. The predicted octanol–water partition coefficient (Wildman–Crippen LogP) is -0.554. The monoisotopic (exact) mass is 495 g/mol. The maximum Gasteiger partial charge on any atom is 0.328 e. The fraction of sp³-hybridized carbons (Fsp3) is 0.450. The molecule has 1 saturated heterocycles. The minimum Gasteiger partial charge on any atom is -0.772 e. The van der Waals surface area contributed by atoms with Crippen LogP contribution >= 0.6 is 0 Å². The van der Waals surface area contributed by atoms with Gasteiger partial charge in [-0.05, 0) is 44.0 Å². The summed E-state index contributed by atoms with van der Waals surface area (Å²) in [7, 11) is 0. The number of hydrogen-bond acceptors (Lipinski definition) is 10. The molecule has 6 atom stereocenters. The van der Waals surface area contributed by atoms with Crippen molar-refractivity contribution in [3.63, 3.8) is 0 Å². The summed E-state index contributed by atoms with van der Waals surface area (Å²) in [4.78, 5) is 41.4. The first kappa shape index (κ1) is 25.1. The van der Waals surface area contributed by atoms with Gasteiger partial charge >= 0.3 is 5.97 Å². The Morgan fingerprint density at radius 3 is 2.65 bits per heavy atom. The number of phenolic OH excluding ortho intramolecular Hbond substituents is 2. The average Bonchev–Trinajstić information content (AvgIpc) is 3.14. The van der Waals surface area contributed by atoms with Gasteiger partial charge in [0, 0.05) is 18.7 Å². The van der Waals surface area contributed by atoms with Crippen LogP contribution < -0.4 is 5.43 Å². The van der Waals surface area contributed by atoms with Crippen molar-refractivity contribution in [3.05, 3.63) is 23.8 Å². The minimum atomic E-state index is -3.03. The van der Waals surface area contributed by atoms with E-state index >= 15 is 0 Å². The standard InChI is InChI=1S/C20H24N4O9S/c1-9-7-13(26)24(9)16(19(29)30)20(3,34(31)32)8-21-23-17(28)14-10(2)33-18(22-14)11-5-4-6-12(25)15(11)27/h4-6,8-10,14,16,25,27H,7H2,1-3H3,(H,23,28)(H,29,30)(H,31,32)/p-1/b21-8+/t9-,10-,14+,16+,20+/m1/s1. The smallest absolute Gasteiger partial charge is 0.328 e. The fourth-order valence-electron chi connectivity index (χ4n) is 3.73. The van der Waals surface area contributed by atoms with Gasteiger partial charge in [-0.2, -0.15) is 5.10 Å². The third-order valence-corrected chi connectivity index (χ3v) is 6.70. The highest BCUT2D eigenvalue weighted by Crippen LogP contribution is 2.32. The number of hydrogen-bond donors (Lipinski definition) is 4. The maximum absolute atomic E-state index is 12.6. The molecule has 0 radical (unpaired) electrons. The molecular weight excluding hydrogens is 472 g/mol. The number of aromatic hydroxyl groups is 2. The number of likely N-dealkylation sites (tertiary alicyclic amines) is 1. The second-order valence-electron chi connectivity index (χ2n) is 8.12. The molecule has 1 unspecified atom stereocenters. The second-order valence-corrected chi connectivity index (χ2v) is 9.47. The summed E-state index contributed by atoms with van der Waals surface area (Å²) >= 11 is -3.03. The van der Waals surface area contributed by atoms with Crippen LogP contribution in [0.2, 0.25) is 0 Å². The van der Waals surface area contributed by atoms with Crippen molar-refractivity contribution in [2.24, 2.45) is 10.1 Å². The molecule has 2 heterocycles. The van der Waals surface area contributed by atoms with Gasteiger partial charge in [0.25, 0.3) is 5.91 Å². The van der Waals surface area contributed by atoms with Gasteiger partial charge < -0.3 is 29.5 Å². The van der Waals surface area contributed by atoms with Crippen LogP contribution in [0, 0.1) is 0 Å². The topological polar surface area (TPSA) is 201 Å². The molecule has 2 aliphatic heterocycles. The number of rotatable bonds is 8. The minimum absolute atomic E-state index is 0.0672. The van der Waals surface area contributed by atoms with Gasteiger partial charge in [-0.3, -0.25) is 13.8 Å². The van der Waals surface area contributed by atoms with Gasteiger partial charge in [-0.25, -0.2) is 15.2 Å². The number of carbonyl (C=O) groups excluding carboxylic acids is 2. The lowest BCUT2D eigenvalue weighted by Crippen LogP contribution is -2.67. The highest BCUT2D eigenvalue weighted by atomic mass is 32.2. The number of hydrazone groups is 1. The molecule has 0 bridgehead atoms. The van der Waals surface area contributed by atoms with Crippen molar-refractivity contribution in [2.45, 2.75) is 56.2 Å². The lowest BCUT2D eigenvalue weighted by molar-refractivity contribution is -0.161. The summed E-state index contributed by atoms with van der Waals surface area (Å²) in [5.41, 5.74) is 2.18. The van der Waals surface area contributed by atoms with Crippen molar-refractivity contribution in [2.75, 3.05) is 0 Å². The van der Waals surface area contributed by atoms with Crippen molar-refractivity contribution >= 4 is 41.0 Å². The number of benzene rings is 1. The number of carboxylic acid groups (broad SMARTS) is 1. The Kier molecular flexibility index (Phi) is 6.93. The molecular formula is C20H23N4O9S-. The summed E-state index contributed by atoms with van der Waals surface area (Å²) in [6, 6.07) is 0.771. The van der Waals surface area contributed by atoms with Gasteiger partial charge in [-0.1, -0.05) is 6.07 Å². The quantitative estimate of drug-likeness (QED) is 0.120. The van der Waals surface area contributed by atoms with Gasteiger partial charge in [0.1, 0.15) is 6.10 Å². The molecule has 0 spiro atoms. The van der Waals surface area contributed by atoms with Crippen LogP contribution in [0.4, 0.5) is 0 Å². The molecule has 0 saturated carbocycles. The van der Waals surface area contributed by atoms with Crippen LogP contribution in [0.3, 0.4) is 0 Å². The van der Waals surface area contributed by atoms with E-state index in [1.54, 1.807) is 6.92 Å². The first-order chi connectivity index (χ1) is 15.9. The molecule has 0 aromatic heterocycles. The molecule has 2 amide bonds. The Labute approximate surface area is 196 Å². The van der Waals surface area contributed by atoms with Crippen molar-refractivity contribution in [1.82, 2.24) is 10.3 Å².